The van der Waals surface area contributed by atoms with Crippen molar-refractivity contribution in [1.29, 1.82) is 0 Å². The molecule has 0 saturated carbocycles. The number of rotatable bonds is 8. The van der Waals surface area contributed by atoms with Crippen molar-refractivity contribution in [1.82, 2.24) is 9.97 Å². The van der Waals surface area contributed by atoms with Crippen LogP contribution in [0.25, 0.3) is 0 Å². The minimum atomic E-state index is -4.87. The van der Waals surface area contributed by atoms with Crippen LogP contribution in [-0.4, -0.2) is 48.9 Å². The van der Waals surface area contributed by atoms with Crippen molar-refractivity contribution in [2.24, 2.45) is 17.6 Å². The molecule has 2 aromatic carbocycles. The van der Waals surface area contributed by atoms with Crippen LogP contribution in [0.4, 0.5) is 36.3 Å². The number of anilines is 4. The number of fused-ring (bicyclic) bond motifs is 1. The van der Waals surface area contributed by atoms with Crippen LogP contribution in [0.2, 0.25) is 5.02 Å². The van der Waals surface area contributed by atoms with Gasteiger partial charge >= 0.3 is 6.36 Å². The molecular formula is C30H36ClF3N5O3P. The molecule has 0 bridgehead atoms. The topological polar surface area (TPSA) is 111 Å². The maximum absolute atomic E-state index is 12.9. The Labute approximate surface area is 254 Å². The zero-order valence-corrected chi connectivity index (χ0v) is 25.7. The zero-order valence-electron chi connectivity index (χ0n) is 24.1. The van der Waals surface area contributed by atoms with Gasteiger partial charge in [-0.3, -0.25) is 0 Å². The molecule has 232 valence electrons. The highest BCUT2D eigenvalue weighted by atomic mass is 35.5. The molecule has 0 spiro atoms. The molecule has 43 heavy (non-hydrogen) atoms. The largest absolute Gasteiger partial charge is 0.573 e. The van der Waals surface area contributed by atoms with Crippen molar-refractivity contribution in [2.75, 3.05) is 37.2 Å². The lowest BCUT2D eigenvalue weighted by molar-refractivity contribution is -0.274. The summed E-state index contributed by atoms with van der Waals surface area (Å²) in [6.45, 7) is 4.38. The number of halogens is 4. The van der Waals surface area contributed by atoms with E-state index in [-0.39, 0.29) is 28.1 Å². The first-order valence-corrected chi connectivity index (χ1v) is 17.3. The Morgan fingerprint density at radius 2 is 1.84 bits per heavy atom. The van der Waals surface area contributed by atoms with Crippen molar-refractivity contribution in [3.63, 3.8) is 0 Å². The molecule has 2 aliphatic rings. The van der Waals surface area contributed by atoms with Gasteiger partial charge in [0.2, 0.25) is 5.95 Å². The van der Waals surface area contributed by atoms with E-state index in [0.717, 1.165) is 63.0 Å². The van der Waals surface area contributed by atoms with Crippen LogP contribution in [0, 0.1) is 11.8 Å². The van der Waals surface area contributed by atoms with E-state index in [4.69, 9.17) is 22.1 Å². The predicted molar refractivity (Wildman–Crippen MR) is 164 cm³/mol. The van der Waals surface area contributed by atoms with Crippen molar-refractivity contribution in [2.45, 2.75) is 50.9 Å². The van der Waals surface area contributed by atoms with E-state index in [2.05, 4.69) is 37.5 Å². The third kappa shape index (κ3) is 8.62. The molecule has 1 aliphatic heterocycles. The second kappa shape index (κ2) is 13.0. The maximum Gasteiger partial charge on any atom is 0.573 e. The molecule has 2 unspecified atom stereocenters. The number of hydrogen-bond acceptors (Lipinski definition) is 8. The summed E-state index contributed by atoms with van der Waals surface area (Å²) >= 11 is 6.37. The first kappa shape index (κ1) is 31.6. The van der Waals surface area contributed by atoms with E-state index >= 15 is 0 Å². The van der Waals surface area contributed by atoms with Crippen LogP contribution < -0.4 is 26.4 Å². The molecule has 13 heteroatoms. The number of benzene rings is 2. The van der Waals surface area contributed by atoms with Gasteiger partial charge in [0.1, 0.15) is 17.9 Å². The van der Waals surface area contributed by atoms with Gasteiger partial charge < -0.3 is 30.4 Å². The summed E-state index contributed by atoms with van der Waals surface area (Å²) in [5.74, 6) is 1.19. The lowest BCUT2D eigenvalue weighted by atomic mass is 9.85. The van der Waals surface area contributed by atoms with Gasteiger partial charge in [-0.05, 0) is 105 Å². The van der Waals surface area contributed by atoms with E-state index in [1.54, 1.807) is 0 Å². The Bertz CT molecular complexity index is 1500. The molecule has 3 atom stereocenters. The summed E-state index contributed by atoms with van der Waals surface area (Å²) in [6.07, 6.45) is 3.00. The van der Waals surface area contributed by atoms with Crippen LogP contribution in [0.15, 0.2) is 42.6 Å². The highest BCUT2D eigenvalue weighted by molar-refractivity contribution is 7.70. The van der Waals surface area contributed by atoms with E-state index in [9.17, 15) is 17.7 Å². The smallest absolute Gasteiger partial charge is 0.406 e. The van der Waals surface area contributed by atoms with E-state index < -0.39 is 19.3 Å². The molecule has 0 amide bonds. The number of ether oxygens (including phenoxy) is 2. The summed E-state index contributed by atoms with van der Waals surface area (Å²) in [7, 11) is -3.02. The fraction of sp³-hybridized carbons (Fsp3) is 0.467. The zero-order chi connectivity index (χ0) is 30.8. The minimum Gasteiger partial charge on any atom is -0.406 e. The van der Waals surface area contributed by atoms with Crippen molar-refractivity contribution in [3.8, 4) is 5.75 Å². The predicted octanol–water partition coefficient (Wildman–Crippen LogP) is 7.01. The van der Waals surface area contributed by atoms with Crippen LogP contribution >= 0.6 is 18.7 Å². The van der Waals surface area contributed by atoms with Crippen LogP contribution in [0.5, 0.6) is 5.75 Å². The van der Waals surface area contributed by atoms with Gasteiger partial charge in [0.05, 0.1) is 18.5 Å². The molecule has 5 rings (SSSR count). The monoisotopic (exact) mass is 637 g/mol. The molecule has 0 radical (unpaired) electrons. The highest BCUT2D eigenvalue weighted by Gasteiger charge is 2.32. The average Bonchev–Trinajstić information content (AvgIpc) is 3.12. The Balaban J connectivity index is 1.28. The molecule has 4 N–H and O–H groups in total. The summed E-state index contributed by atoms with van der Waals surface area (Å²) in [6, 6.07) is 10.0. The lowest BCUT2D eigenvalue weighted by Gasteiger charge is -2.29. The number of aryl methyl sites for hydroxylation is 2. The fourth-order valence-electron chi connectivity index (χ4n) is 5.90. The Hall–Kier alpha value is -2.85. The summed E-state index contributed by atoms with van der Waals surface area (Å²) in [5, 5.41) is 6.61. The number of aromatic nitrogens is 2. The second-order valence-corrected chi connectivity index (χ2v) is 15.4. The third-order valence-corrected chi connectivity index (χ3v) is 9.68. The molecule has 1 fully saturated rings. The molecule has 3 aromatic rings. The van der Waals surface area contributed by atoms with Crippen LogP contribution in [0.1, 0.15) is 36.8 Å². The fourth-order valence-corrected chi connectivity index (χ4v) is 7.18. The van der Waals surface area contributed by atoms with Crippen molar-refractivity contribution < 1.29 is 27.2 Å². The number of nitrogens with two attached hydrogens (primary N) is 1. The number of nitrogens with one attached hydrogen (secondary N) is 2. The van der Waals surface area contributed by atoms with Crippen molar-refractivity contribution in [3.05, 3.63) is 58.7 Å². The maximum atomic E-state index is 12.9. The summed E-state index contributed by atoms with van der Waals surface area (Å²) in [5.41, 5.74) is 9.88. The van der Waals surface area contributed by atoms with E-state index in [1.807, 2.05) is 6.07 Å². The van der Waals surface area contributed by atoms with Gasteiger partial charge in [0, 0.05) is 23.6 Å². The molecule has 1 aliphatic carbocycles. The lowest BCUT2D eigenvalue weighted by Crippen LogP contribution is -2.36. The first-order valence-electron chi connectivity index (χ1n) is 14.3. The van der Waals surface area contributed by atoms with Crippen LogP contribution in [-0.2, 0) is 22.1 Å². The standard InChI is InChI=1S/C30H36ClF3N5O3P/c1-43(2,40)27-14-24(42-30(32,33)34)9-10-26(27)38-28-25(31)15-36-29(39-28)37-23-8-7-20-5-3-18(4-6-21(20)13-23)11-19-12-22(35)17-41-16-19/h7-10,13-15,18-19,22H,3-6,11-12,16-17,35H2,1-2H3,(H2,36,37,38,39)/t18-,19?,22?/m0/s1. The molecule has 1 aromatic heterocycles. The second-order valence-electron chi connectivity index (χ2n) is 11.8. The number of nitrogens with zero attached hydrogens (tertiary/aromatic N) is 2. The quantitative estimate of drug-likeness (QED) is 0.179. The van der Waals surface area contributed by atoms with Gasteiger partial charge in [-0.2, -0.15) is 4.98 Å². The van der Waals surface area contributed by atoms with Gasteiger partial charge in [0.15, 0.2) is 5.82 Å². The number of alkyl halides is 3. The minimum absolute atomic E-state index is 0.140. The van der Waals surface area contributed by atoms with Gasteiger partial charge in [-0.1, -0.05) is 17.7 Å². The third-order valence-electron chi connectivity index (χ3n) is 7.87. The normalized spacial score (nSPS) is 21.0. The first-order chi connectivity index (χ1) is 20.3. The summed E-state index contributed by atoms with van der Waals surface area (Å²) in [4.78, 5) is 8.79. The van der Waals surface area contributed by atoms with Crippen molar-refractivity contribution >= 4 is 47.2 Å². The average molecular weight is 638 g/mol. The van der Waals surface area contributed by atoms with E-state index in [1.165, 1.54) is 36.7 Å². The van der Waals surface area contributed by atoms with Gasteiger partial charge in [0.25, 0.3) is 0 Å². The molecular weight excluding hydrogens is 602 g/mol. The number of hydrogen-bond donors (Lipinski definition) is 3. The van der Waals surface area contributed by atoms with E-state index in [0.29, 0.717) is 24.1 Å². The molecule has 2 heterocycles. The van der Waals surface area contributed by atoms with Crippen LogP contribution in [0.3, 0.4) is 0 Å². The van der Waals surface area contributed by atoms with Gasteiger partial charge in [-0.15, -0.1) is 13.2 Å². The Kier molecular flexibility index (Phi) is 9.56. The van der Waals surface area contributed by atoms with Gasteiger partial charge in [-0.25, -0.2) is 4.98 Å². The Morgan fingerprint density at radius 3 is 2.56 bits per heavy atom. The summed E-state index contributed by atoms with van der Waals surface area (Å²) < 4.78 is 60.9. The SMILES string of the molecule is CP(C)(=O)c1cc(OC(F)(F)F)ccc1Nc1nc(Nc2ccc3c(c2)CC[C@@H](CC2COCC(N)C2)CC3)ncc1Cl. The Morgan fingerprint density at radius 1 is 1.07 bits per heavy atom. The molecule has 8 nitrogen and oxygen atoms in total. The highest BCUT2D eigenvalue weighted by Crippen LogP contribution is 2.41. The molecule has 1 saturated heterocycles.